The van der Waals surface area contributed by atoms with Gasteiger partial charge in [-0.25, -0.2) is 4.98 Å². The molecular weight excluding hydrogens is 330 g/mol. The molecule has 1 aliphatic carbocycles. The zero-order valence-corrected chi connectivity index (χ0v) is 14.8. The van der Waals surface area contributed by atoms with E-state index in [1.807, 2.05) is 36.6 Å². The maximum Gasteiger partial charge on any atom is 0.229 e. The van der Waals surface area contributed by atoms with Crippen LogP contribution < -0.4 is 11.1 Å². The first-order chi connectivity index (χ1) is 10.6. The minimum absolute atomic E-state index is 0. The molecule has 1 fully saturated rings. The van der Waals surface area contributed by atoms with Gasteiger partial charge in [0.1, 0.15) is 5.01 Å². The van der Waals surface area contributed by atoms with Gasteiger partial charge in [0.2, 0.25) is 5.91 Å². The number of amides is 1. The second-order valence-corrected chi connectivity index (χ2v) is 7.10. The fourth-order valence-electron chi connectivity index (χ4n) is 3.08. The van der Waals surface area contributed by atoms with Crippen LogP contribution in [-0.4, -0.2) is 16.4 Å². The lowest BCUT2D eigenvalue weighted by Crippen LogP contribution is -2.51. The molecule has 1 aliphatic rings. The van der Waals surface area contributed by atoms with Gasteiger partial charge in [-0.15, -0.1) is 23.7 Å². The Morgan fingerprint density at radius 2 is 2.09 bits per heavy atom. The fraction of sp³-hybridized carbons (Fsp3) is 0.412. The van der Waals surface area contributed by atoms with E-state index in [-0.39, 0.29) is 24.2 Å². The number of nitrogens with zero attached hydrogens (tertiary/aromatic N) is 1. The average molecular weight is 352 g/mol. The third-order valence-electron chi connectivity index (χ3n) is 4.40. The average Bonchev–Trinajstić information content (AvgIpc) is 3.01. The number of carbonyl (C=O) groups excluding carboxylic acids is 1. The Labute approximate surface area is 146 Å². The van der Waals surface area contributed by atoms with E-state index in [0.29, 0.717) is 0 Å². The van der Waals surface area contributed by atoms with Gasteiger partial charge in [0, 0.05) is 28.4 Å². The van der Waals surface area contributed by atoms with Crippen molar-refractivity contribution in [3.8, 4) is 10.6 Å². The van der Waals surface area contributed by atoms with E-state index in [0.717, 1.165) is 41.9 Å². The second kappa shape index (κ2) is 7.43. The van der Waals surface area contributed by atoms with Crippen LogP contribution in [0.25, 0.3) is 10.6 Å². The highest BCUT2D eigenvalue weighted by atomic mass is 35.5. The number of thiazole rings is 1. The molecule has 0 aliphatic heterocycles. The molecule has 1 saturated carbocycles. The van der Waals surface area contributed by atoms with Crippen molar-refractivity contribution in [1.29, 1.82) is 0 Å². The van der Waals surface area contributed by atoms with Crippen molar-refractivity contribution in [2.24, 2.45) is 11.7 Å². The first-order valence-corrected chi connectivity index (χ1v) is 8.54. The minimum Gasteiger partial charge on any atom is -0.326 e. The summed E-state index contributed by atoms with van der Waals surface area (Å²) in [6, 6.07) is 7.81. The fourth-order valence-corrected chi connectivity index (χ4v) is 3.72. The number of carbonyl (C=O) groups is 1. The van der Waals surface area contributed by atoms with Gasteiger partial charge >= 0.3 is 0 Å². The summed E-state index contributed by atoms with van der Waals surface area (Å²) in [6.45, 7) is 1.99. The number of anilines is 1. The summed E-state index contributed by atoms with van der Waals surface area (Å²) in [5.74, 6) is -0.0772. The summed E-state index contributed by atoms with van der Waals surface area (Å²) in [7, 11) is 0. The van der Waals surface area contributed by atoms with Gasteiger partial charge in [-0.05, 0) is 44.0 Å². The van der Waals surface area contributed by atoms with Crippen molar-refractivity contribution >= 4 is 35.3 Å². The third-order valence-corrected chi connectivity index (χ3v) is 5.22. The van der Waals surface area contributed by atoms with Gasteiger partial charge in [-0.3, -0.25) is 4.79 Å². The normalized spacial score (nSPS) is 23.8. The van der Waals surface area contributed by atoms with E-state index in [1.165, 1.54) is 0 Å². The van der Waals surface area contributed by atoms with Crippen LogP contribution in [0.2, 0.25) is 0 Å². The van der Waals surface area contributed by atoms with Crippen molar-refractivity contribution in [2.75, 3.05) is 5.32 Å². The van der Waals surface area contributed by atoms with E-state index in [9.17, 15) is 4.79 Å². The van der Waals surface area contributed by atoms with Gasteiger partial charge in [0.05, 0.1) is 5.92 Å². The van der Waals surface area contributed by atoms with E-state index >= 15 is 0 Å². The van der Waals surface area contributed by atoms with Crippen molar-refractivity contribution < 1.29 is 4.79 Å². The molecule has 124 valence electrons. The molecule has 6 heteroatoms. The molecule has 23 heavy (non-hydrogen) atoms. The summed E-state index contributed by atoms with van der Waals surface area (Å²) in [5.41, 5.74) is 7.77. The number of rotatable bonds is 3. The first-order valence-electron chi connectivity index (χ1n) is 7.66. The number of halogens is 1. The van der Waals surface area contributed by atoms with Gasteiger partial charge < -0.3 is 11.1 Å². The van der Waals surface area contributed by atoms with Crippen molar-refractivity contribution in [3.63, 3.8) is 0 Å². The Bertz CT molecular complexity index is 640. The number of nitrogens with two attached hydrogens (primary N) is 1. The van der Waals surface area contributed by atoms with Crippen molar-refractivity contribution in [2.45, 2.75) is 38.1 Å². The van der Waals surface area contributed by atoms with E-state index in [2.05, 4.69) is 10.3 Å². The molecule has 1 amide bonds. The molecule has 0 spiro atoms. The summed E-state index contributed by atoms with van der Waals surface area (Å²) in [4.78, 5) is 16.8. The van der Waals surface area contributed by atoms with Crippen LogP contribution in [0.3, 0.4) is 0 Å². The highest BCUT2D eigenvalue weighted by Gasteiger charge is 2.37. The smallest absolute Gasteiger partial charge is 0.229 e. The Balaban J connectivity index is 0.00000192. The molecule has 1 aromatic heterocycles. The molecule has 2 atom stereocenters. The standard InChI is InChI=1S/C17H21N3OS.ClH/c1-17(18)9-3-2-4-14(17)15(21)20-13-7-5-12(6-8-13)16-19-10-11-22-16;/h5-8,10-11,14H,2-4,9,18H2,1H3,(H,20,21);1H. The zero-order chi connectivity index (χ0) is 15.6. The monoisotopic (exact) mass is 351 g/mol. The topological polar surface area (TPSA) is 68.0 Å². The molecule has 3 N–H and O–H groups in total. The molecule has 0 saturated heterocycles. The number of aromatic nitrogens is 1. The molecule has 1 heterocycles. The van der Waals surface area contributed by atoms with Gasteiger partial charge in [-0.2, -0.15) is 0 Å². The van der Waals surface area contributed by atoms with Gasteiger partial charge in [-0.1, -0.05) is 12.8 Å². The predicted octanol–water partition coefficient (Wildman–Crippen LogP) is 4.08. The maximum absolute atomic E-state index is 12.5. The first kappa shape index (κ1) is 17.9. The Hall–Kier alpha value is -1.43. The van der Waals surface area contributed by atoms with Crippen LogP contribution in [0.1, 0.15) is 32.6 Å². The number of benzene rings is 1. The van der Waals surface area contributed by atoms with E-state index in [1.54, 1.807) is 17.5 Å². The lowest BCUT2D eigenvalue weighted by Gasteiger charge is -2.37. The van der Waals surface area contributed by atoms with Crippen molar-refractivity contribution in [3.05, 3.63) is 35.8 Å². The molecule has 2 unspecified atom stereocenters. The SMILES string of the molecule is CC1(N)CCCCC1C(=O)Nc1ccc(-c2nccs2)cc1.Cl. The number of hydrogen-bond donors (Lipinski definition) is 2. The quantitative estimate of drug-likeness (QED) is 0.875. The lowest BCUT2D eigenvalue weighted by molar-refractivity contribution is -0.122. The third kappa shape index (κ3) is 4.10. The minimum atomic E-state index is -0.400. The van der Waals surface area contributed by atoms with Crippen LogP contribution in [0.5, 0.6) is 0 Å². The van der Waals surface area contributed by atoms with Crippen LogP contribution in [-0.2, 0) is 4.79 Å². The summed E-state index contributed by atoms with van der Waals surface area (Å²) in [5, 5.41) is 5.94. The number of hydrogen-bond acceptors (Lipinski definition) is 4. The molecule has 2 aromatic rings. The van der Waals surface area contributed by atoms with Crippen molar-refractivity contribution in [1.82, 2.24) is 4.98 Å². The summed E-state index contributed by atoms with van der Waals surface area (Å²) < 4.78 is 0. The highest BCUT2D eigenvalue weighted by molar-refractivity contribution is 7.13. The Morgan fingerprint density at radius 3 is 2.70 bits per heavy atom. The molecule has 1 aromatic carbocycles. The van der Waals surface area contributed by atoms with Crippen LogP contribution in [0, 0.1) is 5.92 Å². The van der Waals surface area contributed by atoms with E-state index < -0.39 is 5.54 Å². The van der Waals surface area contributed by atoms with Crippen LogP contribution in [0.4, 0.5) is 5.69 Å². The molecule has 3 rings (SSSR count). The lowest BCUT2D eigenvalue weighted by atomic mass is 9.74. The second-order valence-electron chi connectivity index (χ2n) is 6.21. The van der Waals surface area contributed by atoms with Gasteiger partial charge in [0.25, 0.3) is 0 Å². The van der Waals surface area contributed by atoms with Crippen LogP contribution >= 0.6 is 23.7 Å². The van der Waals surface area contributed by atoms with Crippen LogP contribution in [0.15, 0.2) is 35.8 Å². The Morgan fingerprint density at radius 1 is 1.35 bits per heavy atom. The van der Waals surface area contributed by atoms with Gasteiger partial charge in [0.15, 0.2) is 0 Å². The predicted molar refractivity (Wildman–Crippen MR) is 98.0 cm³/mol. The largest absolute Gasteiger partial charge is 0.326 e. The summed E-state index contributed by atoms with van der Waals surface area (Å²) in [6.07, 6.45) is 5.76. The van der Waals surface area contributed by atoms with E-state index in [4.69, 9.17) is 5.73 Å². The number of nitrogens with one attached hydrogen (secondary N) is 1. The Kier molecular flexibility index (Phi) is 5.79. The molecular formula is C17H22ClN3OS. The maximum atomic E-state index is 12.5. The summed E-state index contributed by atoms with van der Waals surface area (Å²) >= 11 is 1.60. The zero-order valence-electron chi connectivity index (χ0n) is 13.1. The molecule has 0 bridgehead atoms. The highest BCUT2D eigenvalue weighted by Crippen LogP contribution is 2.32. The molecule has 0 radical (unpaired) electrons. The molecule has 4 nitrogen and oxygen atoms in total.